The first kappa shape index (κ1) is 14.3. The first-order valence-corrected chi connectivity index (χ1v) is 6.74. The van der Waals surface area contributed by atoms with E-state index >= 15 is 0 Å². The summed E-state index contributed by atoms with van der Waals surface area (Å²) in [4.78, 5) is 16.6. The summed E-state index contributed by atoms with van der Waals surface area (Å²) in [7, 11) is 0. The molecule has 0 radical (unpaired) electrons. The molecule has 1 N–H and O–H groups in total. The summed E-state index contributed by atoms with van der Waals surface area (Å²) in [6.07, 6.45) is 0. The van der Waals surface area contributed by atoms with Crippen LogP contribution in [0.3, 0.4) is 0 Å². The highest BCUT2D eigenvalue weighted by Gasteiger charge is 2.21. The fraction of sp³-hybridized carbons (Fsp3) is 0.375. The van der Waals surface area contributed by atoms with Gasteiger partial charge in [0.25, 0.3) is 5.91 Å². The van der Waals surface area contributed by atoms with Crippen molar-refractivity contribution < 1.29 is 9.21 Å². The lowest BCUT2D eigenvalue weighted by Crippen LogP contribution is -2.14. The van der Waals surface area contributed by atoms with Gasteiger partial charge in [-0.05, 0) is 43.0 Å². The molecule has 20 heavy (non-hydrogen) atoms. The van der Waals surface area contributed by atoms with E-state index in [0.29, 0.717) is 17.3 Å². The molecule has 1 aromatic carbocycles. The number of nitrogens with one attached hydrogen (secondary N) is 1. The molecule has 2 aromatic rings. The van der Waals surface area contributed by atoms with Crippen molar-refractivity contribution in [3.05, 3.63) is 46.7 Å². The number of hydrogen-bond acceptors (Lipinski definition) is 3. The van der Waals surface area contributed by atoms with Crippen LogP contribution in [0.1, 0.15) is 53.0 Å². The molecule has 1 aromatic heterocycles. The molecule has 0 aliphatic carbocycles. The number of aryl methyl sites for hydroxylation is 3. The van der Waals surface area contributed by atoms with Gasteiger partial charge in [-0.15, -0.1) is 0 Å². The second-order valence-corrected chi connectivity index (χ2v) is 5.36. The van der Waals surface area contributed by atoms with Crippen LogP contribution in [-0.2, 0) is 0 Å². The van der Waals surface area contributed by atoms with E-state index in [4.69, 9.17) is 4.42 Å². The number of aromatic nitrogens is 1. The molecule has 1 amide bonds. The summed E-state index contributed by atoms with van der Waals surface area (Å²) in [5.74, 6) is 0.708. The predicted molar refractivity (Wildman–Crippen MR) is 79.2 cm³/mol. The maximum absolute atomic E-state index is 12.3. The molecule has 4 nitrogen and oxygen atoms in total. The Kier molecular flexibility index (Phi) is 3.93. The van der Waals surface area contributed by atoms with Gasteiger partial charge >= 0.3 is 0 Å². The number of rotatable bonds is 3. The number of oxazole rings is 1. The van der Waals surface area contributed by atoms with Crippen LogP contribution in [-0.4, -0.2) is 10.9 Å². The lowest BCUT2D eigenvalue weighted by Gasteiger charge is -2.08. The van der Waals surface area contributed by atoms with Crippen molar-refractivity contribution in [2.75, 3.05) is 5.32 Å². The van der Waals surface area contributed by atoms with Crippen LogP contribution in [0.4, 0.5) is 5.69 Å². The van der Waals surface area contributed by atoms with E-state index < -0.39 is 0 Å². The van der Waals surface area contributed by atoms with Crippen LogP contribution >= 0.6 is 0 Å². The molecule has 2 rings (SSSR count). The van der Waals surface area contributed by atoms with Crippen molar-refractivity contribution in [2.24, 2.45) is 0 Å². The van der Waals surface area contributed by atoms with Gasteiger partial charge < -0.3 is 9.73 Å². The second kappa shape index (κ2) is 5.49. The SMILES string of the molecule is Cc1nc(C(C)C)c(C(=O)Nc2ccc(C)c(C)c2)o1. The quantitative estimate of drug-likeness (QED) is 0.919. The normalized spacial score (nSPS) is 10.9. The molecule has 4 heteroatoms. The highest BCUT2D eigenvalue weighted by molar-refractivity contribution is 6.03. The molecule has 0 unspecified atom stereocenters. The van der Waals surface area contributed by atoms with Crippen molar-refractivity contribution >= 4 is 11.6 Å². The minimum atomic E-state index is -0.252. The minimum absolute atomic E-state index is 0.146. The highest BCUT2D eigenvalue weighted by Crippen LogP contribution is 2.22. The van der Waals surface area contributed by atoms with E-state index in [1.165, 1.54) is 5.56 Å². The first-order chi connectivity index (χ1) is 9.38. The van der Waals surface area contributed by atoms with Crippen LogP contribution < -0.4 is 5.32 Å². The first-order valence-electron chi connectivity index (χ1n) is 6.74. The Morgan fingerprint density at radius 2 is 1.90 bits per heavy atom. The van der Waals surface area contributed by atoms with Gasteiger partial charge in [0.2, 0.25) is 5.76 Å². The third kappa shape index (κ3) is 2.90. The van der Waals surface area contributed by atoms with Gasteiger partial charge in [0.05, 0.1) is 5.69 Å². The van der Waals surface area contributed by atoms with Crippen molar-refractivity contribution in [3.63, 3.8) is 0 Å². The van der Waals surface area contributed by atoms with Crippen molar-refractivity contribution in [3.8, 4) is 0 Å². The Bertz CT molecular complexity index is 642. The summed E-state index contributed by atoms with van der Waals surface area (Å²) in [6.45, 7) is 9.79. The zero-order chi connectivity index (χ0) is 14.9. The van der Waals surface area contributed by atoms with E-state index in [1.54, 1.807) is 6.92 Å². The van der Waals surface area contributed by atoms with E-state index in [9.17, 15) is 4.79 Å². The molecule has 0 bridgehead atoms. The molecule has 0 saturated heterocycles. The molecule has 1 heterocycles. The van der Waals surface area contributed by atoms with Gasteiger partial charge in [0, 0.05) is 12.6 Å². The highest BCUT2D eigenvalue weighted by atomic mass is 16.4. The average molecular weight is 272 g/mol. The summed E-state index contributed by atoms with van der Waals surface area (Å²) in [5.41, 5.74) is 3.80. The molecule has 106 valence electrons. The largest absolute Gasteiger partial charge is 0.436 e. The number of amides is 1. The average Bonchev–Trinajstić information content (AvgIpc) is 2.76. The monoisotopic (exact) mass is 272 g/mol. The van der Waals surface area contributed by atoms with Crippen LogP contribution in [0.25, 0.3) is 0 Å². The number of carbonyl (C=O) groups excluding carboxylic acids is 1. The molecule has 0 aliphatic heterocycles. The van der Waals surface area contributed by atoms with Crippen molar-refractivity contribution in [2.45, 2.75) is 40.5 Å². The van der Waals surface area contributed by atoms with Crippen LogP contribution in [0.15, 0.2) is 22.6 Å². The Morgan fingerprint density at radius 1 is 1.20 bits per heavy atom. The van der Waals surface area contributed by atoms with Gasteiger partial charge in [0.15, 0.2) is 5.89 Å². The van der Waals surface area contributed by atoms with Crippen LogP contribution in [0.2, 0.25) is 0 Å². The molecule has 0 aliphatic rings. The van der Waals surface area contributed by atoms with Crippen molar-refractivity contribution in [1.29, 1.82) is 0 Å². The fourth-order valence-corrected chi connectivity index (χ4v) is 2.00. The van der Waals surface area contributed by atoms with E-state index in [1.807, 2.05) is 45.9 Å². The van der Waals surface area contributed by atoms with Gasteiger partial charge in [-0.25, -0.2) is 4.98 Å². The number of benzene rings is 1. The lowest BCUT2D eigenvalue weighted by atomic mass is 10.1. The predicted octanol–water partition coefficient (Wildman–Crippen LogP) is 3.98. The lowest BCUT2D eigenvalue weighted by molar-refractivity contribution is 0.0993. The number of nitrogens with zero attached hydrogens (tertiary/aromatic N) is 1. The fourth-order valence-electron chi connectivity index (χ4n) is 2.00. The van der Waals surface area contributed by atoms with Gasteiger partial charge in [-0.1, -0.05) is 19.9 Å². The minimum Gasteiger partial charge on any atom is -0.436 e. The van der Waals surface area contributed by atoms with Crippen molar-refractivity contribution in [1.82, 2.24) is 4.98 Å². The summed E-state index contributed by atoms with van der Waals surface area (Å²) in [6, 6.07) is 5.82. The summed E-state index contributed by atoms with van der Waals surface area (Å²) in [5, 5.41) is 2.86. The molecule has 0 fully saturated rings. The molecular weight excluding hydrogens is 252 g/mol. The van der Waals surface area contributed by atoms with E-state index in [-0.39, 0.29) is 11.8 Å². The maximum atomic E-state index is 12.3. The molecular formula is C16H20N2O2. The Morgan fingerprint density at radius 3 is 2.50 bits per heavy atom. The smallest absolute Gasteiger partial charge is 0.293 e. The van der Waals surface area contributed by atoms with Gasteiger partial charge in [-0.2, -0.15) is 0 Å². The number of anilines is 1. The van der Waals surface area contributed by atoms with E-state index in [0.717, 1.165) is 11.3 Å². The summed E-state index contributed by atoms with van der Waals surface area (Å²) < 4.78 is 5.44. The number of carbonyl (C=O) groups is 1. The zero-order valence-corrected chi connectivity index (χ0v) is 12.6. The Balaban J connectivity index is 2.26. The Labute approximate surface area is 119 Å². The molecule has 0 spiro atoms. The third-order valence-corrected chi connectivity index (χ3v) is 3.28. The summed E-state index contributed by atoms with van der Waals surface area (Å²) >= 11 is 0. The third-order valence-electron chi connectivity index (χ3n) is 3.28. The van der Waals surface area contributed by atoms with Gasteiger partial charge in [-0.3, -0.25) is 4.79 Å². The van der Waals surface area contributed by atoms with Crippen LogP contribution in [0.5, 0.6) is 0 Å². The molecule has 0 atom stereocenters. The second-order valence-electron chi connectivity index (χ2n) is 5.36. The Hall–Kier alpha value is -2.10. The number of hydrogen-bond donors (Lipinski definition) is 1. The van der Waals surface area contributed by atoms with Crippen LogP contribution in [0, 0.1) is 20.8 Å². The standard InChI is InChI=1S/C16H20N2O2/c1-9(2)14-15(20-12(5)17-14)16(19)18-13-7-6-10(3)11(4)8-13/h6-9H,1-5H3,(H,18,19). The van der Waals surface area contributed by atoms with E-state index in [2.05, 4.69) is 10.3 Å². The molecule has 0 saturated carbocycles. The maximum Gasteiger partial charge on any atom is 0.293 e. The zero-order valence-electron chi connectivity index (χ0n) is 12.6. The topological polar surface area (TPSA) is 55.1 Å². The van der Waals surface area contributed by atoms with Gasteiger partial charge in [0.1, 0.15) is 0 Å².